The van der Waals surface area contributed by atoms with E-state index in [1.807, 2.05) is 50.2 Å². The maximum Gasteiger partial charge on any atom is 0.337 e. The van der Waals surface area contributed by atoms with Gasteiger partial charge in [0.05, 0.1) is 11.3 Å². The molecule has 0 saturated carbocycles. The third kappa shape index (κ3) is 3.79. The molecule has 0 atom stereocenters. The Morgan fingerprint density at radius 1 is 0.917 bits per heavy atom. The number of carboxylic acid groups (broad SMARTS) is 1. The molecule has 0 aliphatic heterocycles. The second-order valence-electron chi connectivity index (χ2n) is 4.84. The molecule has 0 amide bonds. The molecule has 0 unspecified atom stereocenters. The molecular weight excluding hydrogens is 302 g/mol. The van der Waals surface area contributed by atoms with E-state index in [4.69, 9.17) is 5.11 Å². The van der Waals surface area contributed by atoms with E-state index in [-0.39, 0.29) is 11.3 Å². The number of aromatic nitrogens is 1. The molecule has 0 spiro atoms. The lowest BCUT2D eigenvalue weighted by atomic mass is 10.0. The number of nitrogens with zero attached hydrogens (tertiary/aromatic N) is 1. The van der Waals surface area contributed by atoms with Crippen LogP contribution in [0.15, 0.2) is 66.9 Å². The minimum absolute atomic E-state index is 0.153. The van der Waals surface area contributed by atoms with Crippen LogP contribution in [0.3, 0.4) is 0 Å². The number of benzene rings is 2. The van der Waals surface area contributed by atoms with Crippen molar-refractivity contribution in [3.05, 3.63) is 72.4 Å². The van der Waals surface area contributed by atoms with Crippen molar-refractivity contribution in [3.63, 3.8) is 0 Å². The molecule has 0 saturated heterocycles. The Labute approximate surface area is 141 Å². The Bertz CT molecular complexity index is 826. The van der Waals surface area contributed by atoms with E-state index in [0.717, 1.165) is 16.7 Å². The highest BCUT2D eigenvalue weighted by Crippen LogP contribution is 2.31. The Kier molecular flexibility index (Phi) is 5.68. The van der Waals surface area contributed by atoms with Crippen LogP contribution in [0.5, 0.6) is 5.75 Å². The molecule has 0 aliphatic carbocycles. The lowest BCUT2D eigenvalue weighted by Gasteiger charge is -2.07. The lowest BCUT2D eigenvalue weighted by molar-refractivity contribution is 0.0696. The van der Waals surface area contributed by atoms with Gasteiger partial charge in [-0.3, -0.25) is 4.98 Å². The Morgan fingerprint density at radius 3 is 2.25 bits per heavy atom. The van der Waals surface area contributed by atoms with Gasteiger partial charge in [-0.05, 0) is 29.8 Å². The number of phenols is 1. The van der Waals surface area contributed by atoms with Gasteiger partial charge in [-0.2, -0.15) is 0 Å². The summed E-state index contributed by atoms with van der Waals surface area (Å²) in [6.45, 7) is 4.00. The maximum atomic E-state index is 10.9. The average Bonchev–Trinajstić information content (AvgIpc) is 2.64. The molecule has 4 heteroatoms. The number of pyridine rings is 1. The molecule has 0 aliphatic rings. The van der Waals surface area contributed by atoms with E-state index in [9.17, 15) is 9.90 Å². The first-order valence-corrected chi connectivity index (χ1v) is 7.73. The summed E-state index contributed by atoms with van der Waals surface area (Å²) in [6, 6.07) is 17.9. The monoisotopic (exact) mass is 321 g/mol. The zero-order chi connectivity index (χ0) is 17.5. The fourth-order valence-corrected chi connectivity index (χ4v) is 2.25. The van der Waals surface area contributed by atoms with E-state index < -0.39 is 5.97 Å². The number of para-hydroxylation sites is 1. The summed E-state index contributed by atoms with van der Waals surface area (Å²) in [4.78, 5) is 15.0. The van der Waals surface area contributed by atoms with Crippen molar-refractivity contribution in [3.8, 4) is 28.1 Å². The van der Waals surface area contributed by atoms with Crippen LogP contribution in [0.4, 0.5) is 0 Å². The summed E-state index contributed by atoms with van der Waals surface area (Å²) in [7, 11) is 0. The highest BCUT2D eigenvalue weighted by Gasteiger charge is 2.07. The fourth-order valence-electron chi connectivity index (χ4n) is 2.25. The molecule has 2 aromatic carbocycles. The van der Waals surface area contributed by atoms with E-state index in [1.165, 1.54) is 12.3 Å². The molecule has 1 heterocycles. The summed E-state index contributed by atoms with van der Waals surface area (Å²) in [5, 5.41) is 18.8. The first kappa shape index (κ1) is 17.2. The Balaban J connectivity index is 0.00000100. The van der Waals surface area contributed by atoms with Crippen molar-refractivity contribution in [1.29, 1.82) is 0 Å². The van der Waals surface area contributed by atoms with Crippen LogP contribution in [0.2, 0.25) is 0 Å². The number of phenolic OH excluding ortho intramolecular Hbond substituents is 1. The predicted molar refractivity (Wildman–Crippen MR) is 95.1 cm³/mol. The van der Waals surface area contributed by atoms with Gasteiger partial charge in [-0.25, -0.2) is 4.79 Å². The highest BCUT2D eigenvalue weighted by molar-refractivity contribution is 5.87. The van der Waals surface area contributed by atoms with Gasteiger partial charge in [0.1, 0.15) is 5.75 Å². The normalized spacial score (nSPS) is 9.75. The molecule has 3 rings (SSSR count). The Hall–Kier alpha value is -3.14. The molecule has 0 bridgehead atoms. The van der Waals surface area contributed by atoms with Crippen LogP contribution in [-0.4, -0.2) is 21.2 Å². The van der Waals surface area contributed by atoms with Gasteiger partial charge in [0.15, 0.2) is 0 Å². The van der Waals surface area contributed by atoms with Crippen molar-refractivity contribution < 1.29 is 15.0 Å². The molecule has 24 heavy (non-hydrogen) atoms. The van der Waals surface area contributed by atoms with Gasteiger partial charge in [-0.15, -0.1) is 0 Å². The number of rotatable bonds is 3. The molecule has 0 fully saturated rings. The van der Waals surface area contributed by atoms with Crippen LogP contribution in [0.1, 0.15) is 24.2 Å². The maximum absolute atomic E-state index is 10.9. The van der Waals surface area contributed by atoms with Gasteiger partial charge < -0.3 is 10.2 Å². The summed E-state index contributed by atoms with van der Waals surface area (Å²) in [5.41, 5.74) is 3.31. The third-order valence-electron chi connectivity index (χ3n) is 3.38. The summed E-state index contributed by atoms with van der Waals surface area (Å²) in [5.74, 6) is -0.782. The average molecular weight is 321 g/mol. The molecule has 1 aromatic heterocycles. The van der Waals surface area contributed by atoms with Crippen molar-refractivity contribution in [2.24, 2.45) is 0 Å². The number of aromatic carboxylic acids is 1. The second kappa shape index (κ2) is 7.92. The van der Waals surface area contributed by atoms with E-state index in [1.54, 1.807) is 18.2 Å². The van der Waals surface area contributed by atoms with Gasteiger partial charge in [0, 0.05) is 17.3 Å². The number of carboxylic acids is 1. The van der Waals surface area contributed by atoms with Gasteiger partial charge >= 0.3 is 5.97 Å². The molecule has 4 nitrogen and oxygen atoms in total. The standard InChI is InChI=1S/C18H13NO3.C2H6/c20-17-7-2-1-6-15(17)12-4-3-5-13(10-12)16-9-8-14(11-19-16)18(21)22;1-2/h1-11,20H,(H,21,22);1-2H3. The summed E-state index contributed by atoms with van der Waals surface area (Å²) >= 11 is 0. The quantitative estimate of drug-likeness (QED) is 0.723. The van der Waals surface area contributed by atoms with Crippen LogP contribution in [0.25, 0.3) is 22.4 Å². The molecule has 122 valence electrons. The highest BCUT2D eigenvalue weighted by atomic mass is 16.4. The van der Waals surface area contributed by atoms with E-state index in [0.29, 0.717) is 5.69 Å². The Morgan fingerprint density at radius 2 is 1.62 bits per heavy atom. The number of aromatic hydroxyl groups is 1. The smallest absolute Gasteiger partial charge is 0.337 e. The number of carbonyl (C=O) groups is 1. The third-order valence-corrected chi connectivity index (χ3v) is 3.38. The molecule has 0 radical (unpaired) electrons. The van der Waals surface area contributed by atoms with Crippen molar-refractivity contribution in [2.75, 3.05) is 0 Å². The first-order chi connectivity index (χ1) is 11.6. The van der Waals surface area contributed by atoms with Crippen LogP contribution >= 0.6 is 0 Å². The van der Waals surface area contributed by atoms with Gasteiger partial charge in [0.25, 0.3) is 0 Å². The first-order valence-electron chi connectivity index (χ1n) is 7.73. The minimum Gasteiger partial charge on any atom is -0.507 e. The van der Waals surface area contributed by atoms with Crippen molar-refractivity contribution in [2.45, 2.75) is 13.8 Å². The van der Waals surface area contributed by atoms with Crippen LogP contribution < -0.4 is 0 Å². The number of hydrogen-bond acceptors (Lipinski definition) is 3. The SMILES string of the molecule is CC.O=C(O)c1ccc(-c2cccc(-c3ccccc3O)c2)nc1. The van der Waals surface area contributed by atoms with Crippen molar-refractivity contribution >= 4 is 5.97 Å². The molecule has 3 aromatic rings. The topological polar surface area (TPSA) is 70.4 Å². The summed E-state index contributed by atoms with van der Waals surface area (Å²) < 4.78 is 0. The van der Waals surface area contributed by atoms with Crippen LogP contribution in [0, 0.1) is 0 Å². The minimum atomic E-state index is -0.998. The van der Waals surface area contributed by atoms with Gasteiger partial charge in [0.2, 0.25) is 0 Å². The zero-order valence-corrected chi connectivity index (χ0v) is 13.6. The summed E-state index contributed by atoms with van der Waals surface area (Å²) in [6.07, 6.45) is 1.34. The van der Waals surface area contributed by atoms with Crippen molar-refractivity contribution in [1.82, 2.24) is 4.98 Å². The molecule has 2 N–H and O–H groups in total. The zero-order valence-electron chi connectivity index (χ0n) is 13.6. The second-order valence-corrected chi connectivity index (χ2v) is 4.84. The predicted octanol–water partition coefficient (Wildman–Crippen LogP) is 4.85. The van der Waals surface area contributed by atoms with E-state index in [2.05, 4.69) is 4.98 Å². The number of hydrogen-bond donors (Lipinski definition) is 2. The lowest BCUT2D eigenvalue weighted by Crippen LogP contribution is -1.97. The molecular formula is C20H19NO3. The van der Waals surface area contributed by atoms with Gasteiger partial charge in [-0.1, -0.05) is 50.2 Å². The van der Waals surface area contributed by atoms with Crippen LogP contribution in [-0.2, 0) is 0 Å². The van der Waals surface area contributed by atoms with E-state index >= 15 is 0 Å². The largest absolute Gasteiger partial charge is 0.507 e. The fraction of sp³-hybridized carbons (Fsp3) is 0.100.